The van der Waals surface area contributed by atoms with Crippen LogP contribution in [0.2, 0.25) is 0 Å². The van der Waals surface area contributed by atoms with E-state index in [0.29, 0.717) is 3.57 Å². The average molecular weight is 565 g/mol. The number of amides is 1. The Kier molecular flexibility index (Phi) is 6.97. The average Bonchev–Trinajstić information content (AvgIpc) is 2.87. The highest BCUT2D eigenvalue weighted by molar-refractivity contribution is 14.1. The van der Waals surface area contributed by atoms with Gasteiger partial charge in [0.1, 0.15) is 11.4 Å². The van der Waals surface area contributed by atoms with Crippen molar-refractivity contribution in [3.8, 4) is 5.75 Å². The van der Waals surface area contributed by atoms with Crippen molar-refractivity contribution in [2.75, 3.05) is 32.1 Å². The lowest BCUT2D eigenvalue weighted by atomic mass is 10.2. The number of esters is 1. The summed E-state index contributed by atoms with van der Waals surface area (Å²) in [6.07, 6.45) is -4.85. The van der Waals surface area contributed by atoms with E-state index in [4.69, 9.17) is 5.11 Å². The highest BCUT2D eigenvalue weighted by Gasteiger charge is 2.35. The first kappa shape index (κ1) is 21.8. The second-order valence-corrected chi connectivity index (χ2v) is 7.25. The number of hydrogen-bond acceptors (Lipinski definition) is 6. The molecule has 0 aromatic heterocycles. The molecule has 0 fully saturated rings. The van der Waals surface area contributed by atoms with Crippen LogP contribution in [-0.2, 0) is 14.3 Å². The van der Waals surface area contributed by atoms with Gasteiger partial charge in [-0.05, 0) is 50.7 Å². The molecule has 0 saturated carbocycles. The fourth-order valence-electron chi connectivity index (χ4n) is 2.31. The number of rotatable bonds is 6. The van der Waals surface area contributed by atoms with E-state index in [0.717, 1.165) is 13.2 Å². The Morgan fingerprint density at radius 2 is 2.11 bits per heavy atom. The number of benzene rings is 1. The molecule has 1 aromatic carbocycles. The minimum Gasteiger partial charge on any atom is -0.466 e. The molecule has 148 valence electrons. The maximum absolute atomic E-state index is 12.5. The topological polar surface area (TPSA) is 88.1 Å². The normalized spacial score (nSPS) is 14.6. The number of hydrogen-bond donors (Lipinski definition) is 2. The van der Waals surface area contributed by atoms with Crippen molar-refractivity contribution >= 4 is 56.1 Å². The molecule has 1 aromatic rings. The van der Waals surface area contributed by atoms with Crippen molar-refractivity contribution in [1.29, 1.82) is 0 Å². The quantitative estimate of drug-likeness (QED) is 0.408. The van der Waals surface area contributed by atoms with Gasteiger partial charge >= 0.3 is 12.3 Å². The van der Waals surface area contributed by atoms with Gasteiger partial charge in [-0.3, -0.25) is 4.79 Å². The molecule has 1 aliphatic rings. The molecule has 2 rings (SSSR count). The maximum Gasteiger partial charge on any atom is 0.573 e. The van der Waals surface area contributed by atoms with Gasteiger partial charge in [0.25, 0.3) is 5.91 Å². The largest absolute Gasteiger partial charge is 0.573 e. The fourth-order valence-corrected chi connectivity index (χ4v) is 3.31. The summed E-state index contributed by atoms with van der Waals surface area (Å²) in [6.45, 7) is -0.328. The number of nitrogens with zero attached hydrogens (tertiary/aromatic N) is 1. The minimum absolute atomic E-state index is 0.000573. The van der Waals surface area contributed by atoms with Gasteiger partial charge in [0, 0.05) is 10.1 Å². The van der Waals surface area contributed by atoms with Gasteiger partial charge in [-0.2, -0.15) is 0 Å². The zero-order valence-electron chi connectivity index (χ0n) is 13.7. The first-order valence-electron chi connectivity index (χ1n) is 7.30. The van der Waals surface area contributed by atoms with Gasteiger partial charge in [-0.25, -0.2) is 4.79 Å². The van der Waals surface area contributed by atoms with E-state index in [9.17, 15) is 22.8 Å². The number of methoxy groups -OCH3 is 1. The lowest BCUT2D eigenvalue weighted by Gasteiger charge is -2.16. The molecule has 0 aliphatic carbocycles. The molecule has 2 N–H and O–H groups in total. The van der Waals surface area contributed by atoms with Crippen molar-refractivity contribution in [1.82, 2.24) is 4.90 Å². The number of halogens is 5. The summed E-state index contributed by atoms with van der Waals surface area (Å²) in [7, 11) is 1.16. The number of aliphatic hydroxyl groups excluding tert-OH is 1. The summed E-state index contributed by atoms with van der Waals surface area (Å²) in [6, 6.07) is 2.43. The number of nitrogens with one attached hydrogen (secondary N) is 1. The first-order chi connectivity index (χ1) is 12.6. The number of carbonyl (C=O) groups excluding carboxylic acids is 2. The summed E-state index contributed by atoms with van der Waals surface area (Å²) in [5.74, 6) is -1.70. The Morgan fingerprint density at radius 3 is 2.67 bits per heavy atom. The summed E-state index contributed by atoms with van der Waals surface area (Å²) in [5.41, 5.74) is 0.274. The Bertz CT molecular complexity index is 800. The van der Waals surface area contributed by atoms with E-state index >= 15 is 0 Å². The Balaban J connectivity index is 2.37. The summed E-state index contributed by atoms with van der Waals surface area (Å²) >= 11 is 4.76. The van der Waals surface area contributed by atoms with E-state index < -0.39 is 24.0 Å². The van der Waals surface area contributed by atoms with Gasteiger partial charge in [-0.15, -0.1) is 13.2 Å². The smallest absolute Gasteiger partial charge is 0.466 e. The zero-order valence-corrected chi connectivity index (χ0v) is 17.4. The summed E-state index contributed by atoms with van der Waals surface area (Å²) in [5, 5.41) is 11.8. The third-order valence-electron chi connectivity index (χ3n) is 3.46. The molecule has 12 heteroatoms. The molecular formula is C15H13BrF3IN2O5. The molecule has 1 amide bonds. The zero-order chi connectivity index (χ0) is 20.4. The van der Waals surface area contributed by atoms with E-state index in [-0.39, 0.29) is 41.1 Å². The van der Waals surface area contributed by atoms with Crippen molar-refractivity contribution in [3.05, 3.63) is 31.4 Å². The number of aliphatic hydroxyl groups is 1. The molecule has 0 bridgehead atoms. The van der Waals surface area contributed by atoms with Crippen LogP contribution in [0, 0.1) is 3.57 Å². The first-order valence-corrected chi connectivity index (χ1v) is 9.18. The van der Waals surface area contributed by atoms with Crippen LogP contribution in [0.5, 0.6) is 5.75 Å². The van der Waals surface area contributed by atoms with Gasteiger partial charge in [-0.1, -0.05) is 0 Å². The molecule has 1 heterocycles. The van der Waals surface area contributed by atoms with Crippen LogP contribution in [-0.4, -0.2) is 55.1 Å². The second kappa shape index (κ2) is 8.65. The van der Waals surface area contributed by atoms with Crippen LogP contribution in [0.15, 0.2) is 27.9 Å². The highest BCUT2D eigenvalue weighted by atomic mass is 127. The van der Waals surface area contributed by atoms with E-state index in [1.165, 1.54) is 11.0 Å². The predicted octanol–water partition coefficient (Wildman–Crippen LogP) is 2.63. The molecule has 27 heavy (non-hydrogen) atoms. The molecule has 1 aliphatic heterocycles. The highest BCUT2D eigenvalue weighted by Crippen LogP contribution is 2.36. The Hall–Kier alpha value is -1.54. The Morgan fingerprint density at radius 1 is 1.44 bits per heavy atom. The molecule has 0 atom stereocenters. The van der Waals surface area contributed by atoms with Crippen LogP contribution >= 0.6 is 38.5 Å². The van der Waals surface area contributed by atoms with Gasteiger partial charge in [0.15, 0.2) is 0 Å². The third kappa shape index (κ3) is 5.25. The van der Waals surface area contributed by atoms with Crippen LogP contribution in [0.4, 0.5) is 18.9 Å². The van der Waals surface area contributed by atoms with Gasteiger partial charge in [0.05, 0.1) is 36.0 Å². The third-order valence-corrected chi connectivity index (χ3v) is 4.97. The van der Waals surface area contributed by atoms with Gasteiger partial charge in [0.2, 0.25) is 0 Å². The van der Waals surface area contributed by atoms with Crippen LogP contribution < -0.4 is 10.1 Å². The fraction of sp³-hybridized carbons (Fsp3) is 0.333. The molecule has 0 radical (unpaired) electrons. The van der Waals surface area contributed by atoms with E-state index in [2.05, 4.69) is 30.7 Å². The lowest BCUT2D eigenvalue weighted by molar-refractivity contribution is -0.274. The Labute approximate surface area is 173 Å². The number of β-amino-alcohol motifs (C(OH)–C–C–N with tert-alkyl or cyclic N) is 1. The molecular weight excluding hydrogens is 552 g/mol. The lowest BCUT2D eigenvalue weighted by Crippen LogP contribution is -2.31. The predicted molar refractivity (Wildman–Crippen MR) is 99.9 cm³/mol. The molecule has 0 saturated heterocycles. The summed E-state index contributed by atoms with van der Waals surface area (Å²) < 4.78 is 46.2. The number of anilines is 1. The second-order valence-electron chi connectivity index (χ2n) is 5.23. The molecule has 0 unspecified atom stereocenters. The molecule has 0 spiro atoms. The maximum atomic E-state index is 12.5. The minimum atomic E-state index is -4.85. The van der Waals surface area contributed by atoms with Crippen molar-refractivity contribution in [2.45, 2.75) is 6.36 Å². The summed E-state index contributed by atoms with van der Waals surface area (Å²) in [4.78, 5) is 25.7. The van der Waals surface area contributed by atoms with Crippen molar-refractivity contribution in [2.24, 2.45) is 0 Å². The molecule has 7 nitrogen and oxygen atoms in total. The van der Waals surface area contributed by atoms with Crippen LogP contribution in [0.1, 0.15) is 0 Å². The number of carbonyl (C=O) groups is 2. The standard InChI is InChI=1S/C15H13BrF3IN2O5/c1-26-14(25)7-6-22(2-3-23)13(24)12(7)21-10-4-8(16)11(5-9(10)20)27-15(17,18)19/h4-5,21,23H,2-3,6H2,1H3. The van der Waals surface area contributed by atoms with Crippen LogP contribution in [0.25, 0.3) is 0 Å². The van der Waals surface area contributed by atoms with Crippen molar-refractivity contribution in [3.63, 3.8) is 0 Å². The number of alkyl halides is 3. The van der Waals surface area contributed by atoms with Gasteiger partial charge < -0.3 is 24.8 Å². The SMILES string of the molecule is COC(=O)C1=C(Nc2cc(Br)c(OC(F)(F)F)cc2I)C(=O)N(CCO)C1. The van der Waals surface area contributed by atoms with Crippen molar-refractivity contribution < 1.29 is 37.3 Å². The van der Waals surface area contributed by atoms with E-state index in [1.807, 2.05) is 0 Å². The van der Waals surface area contributed by atoms with E-state index in [1.54, 1.807) is 22.6 Å². The monoisotopic (exact) mass is 564 g/mol. The van der Waals surface area contributed by atoms with Crippen LogP contribution in [0.3, 0.4) is 0 Å². The number of ether oxygens (including phenoxy) is 2.